The largest absolute Gasteiger partial charge is 0.493 e. The number of rotatable bonds is 11. The van der Waals surface area contributed by atoms with E-state index in [9.17, 15) is 4.79 Å². The van der Waals surface area contributed by atoms with Gasteiger partial charge in [0.25, 0.3) is 0 Å². The third kappa shape index (κ3) is 6.90. The highest BCUT2D eigenvalue weighted by Gasteiger charge is 2.26. The van der Waals surface area contributed by atoms with Crippen molar-refractivity contribution in [2.45, 2.75) is 78.6 Å². The van der Waals surface area contributed by atoms with Crippen LogP contribution in [0.4, 0.5) is 11.4 Å². The minimum absolute atomic E-state index is 0.0524. The smallest absolute Gasteiger partial charge is 0.221 e. The Morgan fingerprint density at radius 2 is 1.69 bits per heavy atom. The molecule has 0 spiro atoms. The van der Waals surface area contributed by atoms with Crippen LogP contribution in [0.15, 0.2) is 36.4 Å². The molecule has 2 rings (SSSR count). The zero-order chi connectivity index (χ0) is 23.9. The molecule has 1 amide bonds. The first-order chi connectivity index (χ1) is 15.0. The number of anilines is 2. The molecule has 0 unspecified atom stereocenters. The fourth-order valence-electron chi connectivity index (χ4n) is 3.41. The Kier molecular flexibility index (Phi) is 9.03. The summed E-state index contributed by atoms with van der Waals surface area (Å²) in [6, 6.07) is 12.2. The summed E-state index contributed by atoms with van der Waals surface area (Å²) in [5.41, 5.74) is 4.37. The molecule has 0 saturated carbocycles. The van der Waals surface area contributed by atoms with Crippen molar-refractivity contribution in [1.82, 2.24) is 0 Å². The molecule has 2 N–H and O–H groups in total. The molecule has 0 radical (unpaired) electrons. The van der Waals surface area contributed by atoms with Gasteiger partial charge < -0.3 is 15.4 Å². The van der Waals surface area contributed by atoms with E-state index in [0.29, 0.717) is 17.3 Å². The molecule has 32 heavy (non-hydrogen) atoms. The van der Waals surface area contributed by atoms with Crippen molar-refractivity contribution in [3.05, 3.63) is 52.5 Å². The van der Waals surface area contributed by atoms with Gasteiger partial charge in [0.1, 0.15) is 5.75 Å². The van der Waals surface area contributed by atoms with Gasteiger partial charge in [-0.25, -0.2) is 0 Å². The molecule has 0 aliphatic rings. The van der Waals surface area contributed by atoms with Crippen LogP contribution in [0.2, 0.25) is 5.02 Å². The molecule has 2 aromatic carbocycles. The number of carbonyl (C=O) groups excluding carboxylic acids is 1. The van der Waals surface area contributed by atoms with Crippen molar-refractivity contribution in [3.8, 4) is 5.75 Å². The third-order valence-electron chi connectivity index (χ3n) is 6.44. The van der Waals surface area contributed by atoms with Crippen LogP contribution in [0.25, 0.3) is 0 Å². The number of hydrogen-bond acceptors (Lipinski definition) is 3. The molecule has 0 saturated heterocycles. The van der Waals surface area contributed by atoms with E-state index in [1.54, 1.807) is 6.07 Å². The highest BCUT2D eigenvalue weighted by atomic mass is 35.5. The predicted molar refractivity (Wildman–Crippen MR) is 137 cm³/mol. The maximum Gasteiger partial charge on any atom is 0.221 e. The average molecular weight is 459 g/mol. The van der Waals surface area contributed by atoms with E-state index >= 15 is 0 Å². The fraction of sp³-hybridized carbons (Fsp3) is 0.519. The summed E-state index contributed by atoms with van der Waals surface area (Å²) in [7, 11) is 0. The molecule has 176 valence electrons. The van der Waals surface area contributed by atoms with E-state index in [0.717, 1.165) is 37.2 Å². The van der Waals surface area contributed by atoms with Crippen molar-refractivity contribution < 1.29 is 9.53 Å². The van der Waals surface area contributed by atoms with Crippen LogP contribution in [-0.2, 0) is 15.6 Å². The first kappa shape index (κ1) is 26.1. The number of hydrogen-bond donors (Lipinski definition) is 2. The SMILES string of the molecule is CCC(C)(C)c1ccc(OCCCNc2ccc(Cl)c(NC(C)=O)c2)c(C(C)(C)CC)c1. The van der Waals surface area contributed by atoms with Crippen molar-refractivity contribution in [2.24, 2.45) is 0 Å². The summed E-state index contributed by atoms with van der Waals surface area (Å²) >= 11 is 6.14. The normalized spacial score (nSPS) is 11.9. The molecule has 0 heterocycles. The summed E-state index contributed by atoms with van der Waals surface area (Å²) in [5.74, 6) is 0.837. The average Bonchev–Trinajstić information content (AvgIpc) is 2.75. The Labute approximate surface area is 199 Å². The van der Waals surface area contributed by atoms with Gasteiger partial charge in [0.15, 0.2) is 0 Å². The van der Waals surface area contributed by atoms with Gasteiger partial charge in [-0.05, 0) is 59.9 Å². The number of halogens is 1. The molecule has 2 aromatic rings. The molecule has 0 aliphatic heterocycles. The van der Waals surface area contributed by atoms with Gasteiger partial charge in [0.05, 0.1) is 17.3 Å². The molecule has 4 nitrogen and oxygen atoms in total. The summed E-state index contributed by atoms with van der Waals surface area (Å²) in [5, 5.41) is 6.64. The molecule has 0 bridgehead atoms. The minimum atomic E-state index is -0.142. The van der Waals surface area contributed by atoms with Gasteiger partial charge in [-0.3, -0.25) is 4.79 Å². The Morgan fingerprint density at radius 1 is 1.00 bits per heavy atom. The van der Waals surface area contributed by atoms with Crippen LogP contribution in [0.5, 0.6) is 5.75 Å². The van der Waals surface area contributed by atoms with Gasteiger partial charge in [-0.1, -0.05) is 65.3 Å². The van der Waals surface area contributed by atoms with Crippen LogP contribution < -0.4 is 15.4 Å². The van der Waals surface area contributed by atoms with Crippen molar-refractivity contribution in [3.63, 3.8) is 0 Å². The lowest BCUT2D eigenvalue weighted by atomic mass is 9.76. The molecular formula is C27H39ClN2O2. The maximum absolute atomic E-state index is 11.3. The van der Waals surface area contributed by atoms with Gasteiger partial charge in [0.2, 0.25) is 5.91 Å². The number of benzene rings is 2. The zero-order valence-corrected chi connectivity index (χ0v) is 21.5. The van der Waals surface area contributed by atoms with E-state index in [1.807, 2.05) is 12.1 Å². The van der Waals surface area contributed by atoms with E-state index in [4.69, 9.17) is 16.3 Å². The fourth-order valence-corrected chi connectivity index (χ4v) is 3.57. The van der Waals surface area contributed by atoms with Crippen molar-refractivity contribution in [2.75, 3.05) is 23.8 Å². The second kappa shape index (κ2) is 11.1. The van der Waals surface area contributed by atoms with Crippen LogP contribution in [0.1, 0.15) is 78.9 Å². The highest BCUT2D eigenvalue weighted by molar-refractivity contribution is 6.33. The quantitative estimate of drug-likeness (QED) is 0.341. The topological polar surface area (TPSA) is 50.4 Å². The number of carbonyl (C=O) groups is 1. The van der Waals surface area contributed by atoms with E-state index < -0.39 is 0 Å². The first-order valence-corrected chi connectivity index (χ1v) is 12.0. The van der Waals surface area contributed by atoms with Gasteiger partial charge in [0, 0.05) is 24.7 Å². The Balaban J connectivity index is 2.01. The van der Waals surface area contributed by atoms with Crippen LogP contribution in [0.3, 0.4) is 0 Å². The molecule has 0 atom stereocenters. The zero-order valence-electron chi connectivity index (χ0n) is 20.7. The Hall–Kier alpha value is -2.20. The van der Waals surface area contributed by atoms with E-state index in [1.165, 1.54) is 18.1 Å². The second-order valence-corrected chi connectivity index (χ2v) is 10.1. The summed E-state index contributed by atoms with van der Waals surface area (Å²) < 4.78 is 6.24. The lowest BCUT2D eigenvalue weighted by molar-refractivity contribution is -0.114. The second-order valence-electron chi connectivity index (χ2n) is 9.69. The molecule has 0 aromatic heterocycles. The standard InChI is InChI=1S/C27H39ClN2O2/c1-8-26(4,5)20-11-14-25(22(17-20)27(6,7)9-2)32-16-10-15-29-21-12-13-23(28)24(18-21)30-19(3)31/h11-14,17-18,29H,8-10,15-16H2,1-7H3,(H,30,31). The number of amides is 1. The van der Waals surface area contributed by atoms with Crippen LogP contribution in [0, 0.1) is 0 Å². The first-order valence-electron chi connectivity index (χ1n) is 11.6. The molecule has 0 aliphatic carbocycles. The van der Waals surface area contributed by atoms with E-state index in [-0.39, 0.29) is 16.7 Å². The minimum Gasteiger partial charge on any atom is -0.493 e. The summed E-state index contributed by atoms with van der Waals surface area (Å²) in [6.07, 6.45) is 3.00. The Bertz CT molecular complexity index is 922. The molecular weight excluding hydrogens is 420 g/mol. The van der Waals surface area contributed by atoms with Gasteiger partial charge in [-0.2, -0.15) is 0 Å². The molecule has 5 heteroatoms. The predicted octanol–water partition coefficient (Wildman–Crippen LogP) is 7.55. The van der Waals surface area contributed by atoms with E-state index in [2.05, 4.69) is 70.4 Å². The highest BCUT2D eigenvalue weighted by Crippen LogP contribution is 2.38. The van der Waals surface area contributed by atoms with Gasteiger partial charge >= 0.3 is 0 Å². The van der Waals surface area contributed by atoms with Crippen molar-refractivity contribution >= 4 is 28.9 Å². The summed E-state index contributed by atoms with van der Waals surface area (Å²) in [4.78, 5) is 11.3. The lowest BCUT2D eigenvalue weighted by Gasteiger charge is -2.30. The Morgan fingerprint density at radius 3 is 2.31 bits per heavy atom. The maximum atomic E-state index is 11.3. The molecule has 0 fully saturated rings. The monoisotopic (exact) mass is 458 g/mol. The van der Waals surface area contributed by atoms with Crippen molar-refractivity contribution in [1.29, 1.82) is 0 Å². The summed E-state index contributed by atoms with van der Waals surface area (Å²) in [6.45, 7) is 16.5. The number of nitrogens with one attached hydrogen (secondary N) is 2. The lowest BCUT2D eigenvalue weighted by Crippen LogP contribution is -2.21. The van der Waals surface area contributed by atoms with Gasteiger partial charge in [-0.15, -0.1) is 0 Å². The number of ether oxygens (including phenoxy) is 1. The van der Waals surface area contributed by atoms with Crippen LogP contribution in [-0.4, -0.2) is 19.1 Å². The third-order valence-corrected chi connectivity index (χ3v) is 6.77. The van der Waals surface area contributed by atoms with Crippen LogP contribution >= 0.6 is 11.6 Å².